The molecule has 1 fully saturated rings. The molecule has 1 unspecified atom stereocenters. The second-order valence-corrected chi connectivity index (χ2v) is 6.75. The summed E-state index contributed by atoms with van der Waals surface area (Å²) < 4.78 is 1.60. The van der Waals surface area contributed by atoms with E-state index in [1.807, 2.05) is 54.6 Å². The van der Waals surface area contributed by atoms with Crippen molar-refractivity contribution in [1.29, 1.82) is 0 Å². The molecule has 6 nitrogen and oxygen atoms in total. The van der Waals surface area contributed by atoms with Gasteiger partial charge < -0.3 is 10.0 Å². The average Bonchev–Trinajstić information content (AvgIpc) is 3.32. The number of amides is 1. The number of nitrogens with zero attached hydrogens (tertiary/aromatic N) is 4. The predicted molar refractivity (Wildman–Crippen MR) is 97.4 cm³/mol. The molecule has 0 spiro atoms. The molecular weight excluding hydrogens is 328 g/mol. The molecule has 0 aliphatic carbocycles. The second-order valence-electron chi connectivity index (χ2n) is 6.75. The first kappa shape index (κ1) is 16.5. The quantitative estimate of drug-likeness (QED) is 0.785. The summed E-state index contributed by atoms with van der Waals surface area (Å²) in [7, 11) is 0. The molecule has 2 aromatic carbocycles. The lowest BCUT2D eigenvalue weighted by molar-refractivity contribution is 0.0267. The third-order valence-electron chi connectivity index (χ3n) is 4.79. The fourth-order valence-corrected chi connectivity index (χ4v) is 3.40. The number of carbonyl (C=O) groups excluding carboxylic acids is 1. The maximum atomic E-state index is 12.8. The summed E-state index contributed by atoms with van der Waals surface area (Å²) >= 11 is 0. The highest BCUT2D eigenvalue weighted by Gasteiger charge is 2.39. The van der Waals surface area contributed by atoms with Crippen LogP contribution in [0.15, 0.2) is 67.0 Å². The molecule has 1 saturated heterocycles. The van der Waals surface area contributed by atoms with Crippen LogP contribution in [0.5, 0.6) is 0 Å². The summed E-state index contributed by atoms with van der Waals surface area (Å²) in [5.74, 6) is -0.0564. The normalized spacial score (nSPS) is 19.7. The van der Waals surface area contributed by atoms with Crippen molar-refractivity contribution in [3.63, 3.8) is 0 Å². The number of benzene rings is 2. The molecule has 26 heavy (non-hydrogen) atoms. The lowest BCUT2D eigenvalue weighted by atomic mass is 10.0. The van der Waals surface area contributed by atoms with Gasteiger partial charge in [-0.15, -0.1) is 5.10 Å². The zero-order valence-electron chi connectivity index (χ0n) is 14.3. The Balaban J connectivity index is 1.45. The minimum Gasteiger partial charge on any atom is -0.386 e. The molecule has 0 radical (unpaired) electrons. The van der Waals surface area contributed by atoms with Crippen LogP contribution in [-0.4, -0.2) is 49.6 Å². The van der Waals surface area contributed by atoms with Crippen molar-refractivity contribution in [3.05, 3.63) is 72.6 Å². The van der Waals surface area contributed by atoms with Gasteiger partial charge in [0.25, 0.3) is 5.91 Å². The van der Waals surface area contributed by atoms with Gasteiger partial charge in [0, 0.05) is 18.3 Å². The van der Waals surface area contributed by atoms with E-state index in [1.165, 1.54) is 0 Å². The van der Waals surface area contributed by atoms with Gasteiger partial charge in [0.15, 0.2) is 0 Å². The Morgan fingerprint density at radius 2 is 1.81 bits per heavy atom. The lowest BCUT2D eigenvalue weighted by Crippen LogP contribution is -2.39. The second kappa shape index (κ2) is 6.72. The first-order chi connectivity index (χ1) is 12.6. The zero-order valence-corrected chi connectivity index (χ0v) is 14.3. The molecule has 3 aromatic rings. The van der Waals surface area contributed by atoms with Gasteiger partial charge in [-0.1, -0.05) is 47.7 Å². The van der Waals surface area contributed by atoms with E-state index in [1.54, 1.807) is 22.0 Å². The number of likely N-dealkylation sites (tertiary alicyclic amines) is 1. The highest BCUT2D eigenvalue weighted by atomic mass is 16.3. The van der Waals surface area contributed by atoms with E-state index >= 15 is 0 Å². The van der Waals surface area contributed by atoms with Crippen LogP contribution in [0.2, 0.25) is 0 Å². The fraction of sp³-hybridized carbons (Fsp3) is 0.250. The molecule has 4 rings (SSSR count). The Kier molecular flexibility index (Phi) is 4.26. The highest BCUT2D eigenvalue weighted by molar-refractivity contribution is 5.95. The van der Waals surface area contributed by atoms with Crippen molar-refractivity contribution in [2.24, 2.45) is 0 Å². The Morgan fingerprint density at radius 1 is 1.08 bits per heavy atom. The Morgan fingerprint density at radius 3 is 2.50 bits per heavy atom. The molecule has 1 N–H and O–H groups in total. The number of β-amino-alcohol motifs (C(OH)–C–C–N with tert-alkyl or cyclic N) is 1. The third-order valence-corrected chi connectivity index (χ3v) is 4.79. The molecule has 0 saturated carbocycles. The van der Waals surface area contributed by atoms with Gasteiger partial charge in [-0.2, -0.15) is 0 Å². The van der Waals surface area contributed by atoms with Crippen molar-refractivity contribution in [2.75, 3.05) is 13.1 Å². The molecule has 6 heteroatoms. The predicted octanol–water partition coefficient (Wildman–Crippen LogP) is 2.22. The minimum absolute atomic E-state index is 0.0564. The van der Waals surface area contributed by atoms with Crippen LogP contribution in [0.1, 0.15) is 16.8 Å². The van der Waals surface area contributed by atoms with Crippen LogP contribution in [-0.2, 0) is 6.54 Å². The largest absolute Gasteiger partial charge is 0.386 e. The van der Waals surface area contributed by atoms with Gasteiger partial charge in [0.1, 0.15) is 5.60 Å². The van der Waals surface area contributed by atoms with Crippen LogP contribution >= 0.6 is 0 Å². The maximum Gasteiger partial charge on any atom is 0.253 e. The van der Waals surface area contributed by atoms with Crippen molar-refractivity contribution < 1.29 is 9.90 Å². The van der Waals surface area contributed by atoms with Crippen LogP contribution in [0.4, 0.5) is 0 Å². The average molecular weight is 348 g/mol. The number of hydrogen-bond donors (Lipinski definition) is 1. The number of aromatic nitrogens is 3. The van der Waals surface area contributed by atoms with Crippen LogP contribution < -0.4 is 0 Å². The van der Waals surface area contributed by atoms with Gasteiger partial charge in [-0.05, 0) is 29.7 Å². The summed E-state index contributed by atoms with van der Waals surface area (Å²) in [5.41, 5.74) is 1.86. The minimum atomic E-state index is -0.965. The van der Waals surface area contributed by atoms with Gasteiger partial charge in [-0.3, -0.25) is 4.79 Å². The van der Waals surface area contributed by atoms with Gasteiger partial charge in [0.05, 0.1) is 19.3 Å². The Labute approximate surface area is 151 Å². The monoisotopic (exact) mass is 348 g/mol. The summed E-state index contributed by atoms with van der Waals surface area (Å²) in [6.45, 7) is 1.17. The van der Waals surface area contributed by atoms with Crippen molar-refractivity contribution in [3.8, 4) is 11.1 Å². The van der Waals surface area contributed by atoms with E-state index in [2.05, 4.69) is 10.3 Å². The van der Waals surface area contributed by atoms with Crippen LogP contribution in [0, 0.1) is 0 Å². The SMILES string of the molecule is O=C(c1ccc(-c2ccccc2)cc1)N1CCC(O)(Cn2ccnn2)C1. The number of rotatable bonds is 4. The molecule has 132 valence electrons. The standard InChI is InChI=1S/C20H20N4O2/c25-19(18-8-6-17(7-9-18)16-4-2-1-3-5-16)23-12-10-20(26,14-23)15-24-13-11-21-22-24/h1-9,11,13,26H,10,12,14-15H2. The molecule has 0 bridgehead atoms. The van der Waals surface area contributed by atoms with Crippen LogP contribution in [0.25, 0.3) is 11.1 Å². The van der Waals surface area contributed by atoms with E-state index < -0.39 is 5.60 Å². The first-order valence-corrected chi connectivity index (χ1v) is 8.64. The fourth-order valence-electron chi connectivity index (χ4n) is 3.40. The van der Waals surface area contributed by atoms with E-state index in [0.717, 1.165) is 11.1 Å². The highest BCUT2D eigenvalue weighted by Crippen LogP contribution is 2.25. The summed E-state index contributed by atoms with van der Waals surface area (Å²) in [5, 5.41) is 18.4. The third kappa shape index (κ3) is 3.36. The van der Waals surface area contributed by atoms with E-state index in [0.29, 0.717) is 31.6 Å². The van der Waals surface area contributed by atoms with Gasteiger partial charge >= 0.3 is 0 Å². The summed E-state index contributed by atoms with van der Waals surface area (Å²) in [4.78, 5) is 14.5. The number of aliphatic hydroxyl groups is 1. The number of carbonyl (C=O) groups is 1. The molecule has 1 atom stereocenters. The van der Waals surface area contributed by atoms with E-state index in [4.69, 9.17) is 0 Å². The first-order valence-electron chi connectivity index (χ1n) is 8.64. The number of hydrogen-bond acceptors (Lipinski definition) is 4. The Hall–Kier alpha value is -2.99. The Bertz CT molecular complexity index is 878. The van der Waals surface area contributed by atoms with E-state index in [9.17, 15) is 9.90 Å². The summed E-state index contributed by atoms with van der Waals surface area (Å²) in [6.07, 6.45) is 3.82. The molecule has 1 amide bonds. The van der Waals surface area contributed by atoms with E-state index in [-0.39, 0.29) is 5.91 Å². The molecule has 1 aromatic heterocycles. The molecule has 1 aliphatic rings. The van der Waals surface area contributed by atoms with Crippen molar-refractivity contribution in [2.45, 2.75) is 18.6 Å². The maximum absolute atomic E-state index is 12.8. The zero-order chi connectivity index (χ0) is 18.0. The van der Waals surface area contributed by atoms with Crippen molar-refractivity contribution >= 4 is 5.91 Å². The topological polar surface area (TPSA) is 71.2 Å². The smallest absolute Gasteiger partial charge is 0.253 e. The van der Waals surface area contributed by atoms with Gasteiger partial charge in [0.2, 0.25) is 0 Å². The van der Waals surface area contributed by atoms with Gasteiger partial charge in [-0.25, -0.2) is 4.68 Å². The van der Waals surface area contributed by atoms with Crippen LogP contribution in [0.3, 0.4) is 0 Å². The summed E-state index contributed by atoms with van der Waals surface area (Å²) in [6, 6.07) is 17.7. The lowest BCUT2D eigenvalue weighted by Gasteiger charge is -2.23. The molecule has 2 heterocycles. The molecular formula is C20H20N4O2. The van der Waals surface area contributed by atoms with Crippen molar-refractivity contribution in [1.82, 2.24) is 19.9 Å². The molecule has 1 aliphatic heterocycles.